The van der Waals surface area contributed by atoms with Crippen LogP contribution in [0.1, 0.15) is 120 Å². The second-order valence-corrected chi connectivity index (χ2v) is 15.8. The standard InChI is InChI=1S/C34H54O4/c1-21(2)24-12-17-34(20-37-22(3)35)19-18-32(8)25(29(24)34)10-11-27-31(7)15-14-28(38-23(4)36)30(5,6)26(31)13-16-33(27,32)9/h24-29H,1,10-20H2,2-9H3/t24?,25-,26+,27-,28+,29-,31+,32-,33-,34-/m1/s1. The highest BCUT2D eigenvalue weighted by atomic mass is 16.5. The van der Waals surface area contributed by atoms with Crippen LogP contribution in [0.5, 0.6) is 0 Å². The Balaban J connectivity index is 1.49. The molecule has 214 valence electrons. The maximum atomic E-state index is 11.9. The quantitative estimate of drug-likeness (QED) is 0.274. The first-order valence-electron chi connectivity index (χ1n) is 15.6. The fourth-order valence-corrected chi connectivity index (χ4v) is 12.2. The number of hydrogen-bond acceptors (Lipinski definition) is 4. The van der Waals surface area contributed by atoms with E-state index in [1.165, 1.54) is 56.9 Å². The molecular weight excluding hydrogens is 472 g/mol. The molecule has 0 spiro atoms. The molecule has 0 aromatic heterocycles. The fourth-order valence-electron chi connectivity index (χ4n) is 12.2. The van der Waals surface area contributed by atoms with Gasteiger partial charge in [0.2, 0.25) is 0 Å². The number of rotatable bonds is 4. The Morgan fingerprint density at radius 2 is 1.47 bits per heavy atom. The van der Waals surface area contributed by atoms with Gasteiger partial charge in [0.15, 0.2) is 0 Å². The molecule has 10 atom stereocenters. The lowest BCUT2D eigenvalue weighted by molar-refractivity contribution is -0.252. The predicted molar refractivity (Wildman–Crippen MR) is 151 cm³/mol. The number of fused-ring (bicyclic) bond motifs is 7. The van der Waals surface area contributed by atoms with E-state index < -0.39 is 0 Å². The normalized spacial score (nSPS) is 49.1. The molecule has 0 aliphatic heterocycles. The zero-order chi connectivity index (χ0) is 27.9. The minimum atomic E-state index is -0.140. The maximum absolute atomic E-state index is 11.9. The largest absolute Gasteiger partial charge is 0.465 e. The zero-order valence-corrected chi connectivity index (χ0v) is 25.6. The molecule has 0 aromatic rings. The number of carbonyl (C=O) groups excluding carboxylic acids is 2. The van der Waals surface area contributed by atoms with Crippen molar-refractivity contribution in [1.82, 2.24) is 0 Å². The van der Waals surface area contributed by atoms with E-state index in [9.17, 15) is 9.59 Å². The van der Waals surface area contributed by atoms with Gasteiger partial charge in [0.1, 0.15) is 6.10 Å². The van der Waals surface area contributed by atoms with Crippen molar-refractivity contribution in [1.29, 1.82) is 0 Å². The number of carbonyl (C=O) groups is 2. The summed E-state index contributed by atoms with van der Waals surface area (Å²) in [6.07, 6.45) is 12.0. The Kier molecular flexibility index (Phi) is 6.76. The predicted octanol–water partition coefficient (Wildman–Crippen LogP) is 8.14. The van der Waals surface area contributed by atoms with Gasteiger partial charge in [-0.25, -0.2) is 0 Å². The van der Waals surface area contributed by atoms with Crippen LogP contribution in [0.4, 0.5) is 0 Å². The van der Waals surface area contributed by atoms with Crippen molar-refractivity contribution in [2.75, 3.05) is 6.61 Å². The first kappa shape index (κ1) is 28.2. The summed E-state index contributed by atoms with van der Waals surface area (Å²) in [6, 6.07) is 0. The third-order valence-corrected chi connectivity index (χ3v) is 14.0. The van der Waals surface area contributed by atoms with E-state index in [2.05, 4.69) is 48.1 Å². The lowest BCUT2D eigenvalue weighted by Crippen LogP contribution is -2.67. The summed E-state index contributed by atoms with van der Waals surface area (Å²) in [7, 11) is 0. The van der Waals surface area contributed by atoms with Crippen LogP contribution in [-0.2, 0) is 19.1 Å². The molecule has 38 heavy (non-hydrogen) atoms. The third-order valence-electron chi connectivity index (χ3n) is 14.0. The molecule has 5 aliphatic carbocycles. The summed E-state index contributed by atoms with van der Waals surface area (Å²) in [5.74, 6) is 2.76. The van der Waals surface area contributed by atoms with Crippen molar-refractivity contribution in [2.45, 2.75) is 126 Å². The summed E-state index contributed by atoms with van der Waals surface area (Å²) < 4.78 is 11.7. The SMILES string of the molecule is C=C(C)C1CC[C@]2(COC(C)=O)CC[C@]3(C)[C@H](CC[C@@H]4[C@@]5(C)CC[C@H](OC(C)=O)C(C)(C)[C@@H]5CC[C@]43C)[C@@H]12. The molecule has 0 saturated heterocycles. The van der Waals surface area contributed by atoms with Crippen molar-refractivity contribution >= 4 is 11.9 Å². The van der Waals surface area contributed by atoms with Crippen LogP contribution in [0.25, 0.3) is 0 Å². The molecule has 4 nitrogen and oxygen atoms in total. The minimum Gasteiger partial charge on any atom is -0.465 e. The molecule has 5 aliphatic rings. The fraction of sp³-hybridized carbons (Fsp3) is 0.882. The van der Waals surface area contributed by atoms with Crippen LogP contribution in [0, 0.1) is 56.7 Å². The summed E-state index contributed by atoms with van der Waals surface area (Å²) in [6.45, 7) is 23.1. The Morgan fingerprint density at radius 1 is 0.763 bits per heavy atom. The minimum absolute atomic E-state index is 0.00000109. The van der Waals surface area contributed by atoms with E-state index in [1.807, 2.05) is 0 Å². The average Bonchev–Trinajstić information content (AvgIpc) is 3.20. The molecular formula is C34H54O4. The summed E-state index contributed by atoms with van der Waals surface area (Å²) in [5.41, 5.74) is 2.30. The molecule has 5 rings (SSSR count). The molecule has 1 unspecified atom stereocenters. The number of hydrogen-bond donors (Lipinski definition) is 0. The topological polar surface area (TPSA) is 52.6 Å². The van der Waals surface area contributed by atoms with Gasteiger partial charge in [-0.15, -0.1) is 0 Å². The van der Waals surface area contributed by atoms with Crippen molar-refractivity contribution in [2.24, 2.45) is 56.7 Å². The van der Waals surface area contributed by atoms with Crippen LogP contribution < -0.4 is 0 Å². The monoisotopic (exact) mass is 526 g/mol. The van der Waals surface area contributed by atoms with Gasteiger partial charge >= 0.3 is 11.9 Å². The Labute approximate surface area is 232 Å². The van der Waals surface area contributed by atoms with Crippen molar-refractivity contribution < 1.29 is 19.1 Å². The van der Waals surface area contributed by atoms with E-state index in [0.717, 1.165) is 12.8 Å². The Morgan fingerprint density at radius 3 is 2.11 bits per heavy atom. The Hall–Kier alpha value is -1.32. The molecule has 5 saturated carbocycles. The van der Waals surface area contributed by atoms with E-state index in [-0.39, 0.29) is 39.7 Å². The highest BCUT2D eigenvalue weighted by molar-refractivity contribution is 5.66. The second kappa shape index (κ2) is 9.10. The maximum Gasteiger partial charge on any atom is 0.302 e. The molecule has 0 heterocycles. The molecule has 0 aromatic carbocycles. The van der Waals surface area contributed by atoms with Gasteiger partial charge in [0, 0.05) is 24.7 Å². The van der Waals surface area contributed by atoms with Crippen LogP contribution in [0.15, 0.2) is 12.2 Å². The van der Waals surface area contributed by atoms with Gasteiger partial charge in [-0.3, -0.25) is 9.59 Å². The highest BCUT2D eigenvalue weighted by Gasteiger charge is 2.71. The summed E-state index contributed by atoms with van der Waals surface area (Å²) in [4.78, 5) is 23.8. The summed E-state index contributed by atoms with van der Waals surface area (Å²) >= 11 is 0. The van der Waals surface area contributed by atoms with Gasteiger partial charge in [0.25, 0.3) is 0 Å². The van der Waals surface area contributed by atoms with Gasteiger partial charge in [-0.05, 0) is 117 Å². The smallest absolute Gasteiger partial charge is 0.302 e. The van der Waals surface area contributed by atoms with E-state index in [0.29, 0.717) is 41.6 Å². The van der Waals surface area contributed by atoms with E-state index in [1.54, 1.807) is 13.8 Å². The average molecular weight is 527 g/mol. The van der Waals surface area contributed by atoms with Gasteiger partial charge in [-0.2, -0.15) is 0 Å². The number of allylic oxidation sites excluding steroid dienone is 1. The van der Waals surface area contributed by atoms with Crippen LogP contribution >= 0.6 is 0 Å². The third kappa shape index (κ3) is 3.80. The molecule has 4 heteroatoms. The Bertz CT molecular complexity index is 998. The molecule has 0 amide bonds. The lowest BCUT2D eigenvalue weighted by Gasteiger charge is -2.73. The van der Waals surface area contributed by atoms with E-state index in [4.69, 9.17) is 9.47 Å². The van der Waals surface area contributed by atoms with Crippen LogP contribution in [-0.4, -0.2) is 24.6 Å². The van der Waals surface area contributed by atoms with Crippen molar-refractivity contribution in [3.05, 3.63) is 12.2 Å². The molecule has 0 N–H and O–H groups in total. The number of esters is 2. The number of ether oxygens (including phenoxy) is 2. The molecule has 0 bridgehead atoms. The molecule has 5 fully saturated rings. The van der Waals surface area contributed by atoms with Crippen molar-refractivity contribution in [3.8, 4) is 0 Å². The van der Waals surface area contributed by atoms with Crippen LogP contribution in [0.2, 0.25) is 0 Å². The summed E-state index contributed by atoms with van der Waals surface area (Å²) in [5, 5.41) is 0. The molecule has 0 radical (unpaired) electrons. The van der Waals surface area contributed by atoms with Gasteiger partial charge < -0.3 is 9.47 Å². The zero-order valence-electron chi connectivity index (χ0n) is 25.6. The van der Waals surface area contributed by atoms with Crippen LogP contribution in [0.3, 0.4) is 0 Å². The first-order chi connectivity index (χ1) is 17.6. The lowest BCUT2D eigenvalue weighted by atomic mass is 9.32. The van der Waals surface area contributed by atoms with Gasteiger partial charge in [-0.1, -0.05) is 46.8 Å². The second-order valence-electron chi connectivity index (χ2n) is 15.8. The van der Waals surface area contributed by atoms with Gasteiger partial charge in [0.05, 0.1) is 6.61 Å². The first-order valence-corrected chi connectivity index (χ1v) is 15.6. The van der Waals surface area contributed by atoms with E-state index >= 15 is 0 Å². The highest BCUT2D eigenvalue weighted by Crippen LogP contribution is 2.77. The van der Waals surface area contributed by atoms with Crippen molar-refractivity contribution in [3.63, 3.8) is 0 Å².